The second-order valence-electron chi connectivity index (χ2n) is 3.45. The first kappa shape index (κ1) is 14.5. The van der Waals surface area contributed by atoms with Gasteiger partial charge in [-0.1, -0.05) is 0 Å². The second-order valence-corrected chi connectivity index (χ2v) is 5.20. The Labute approximate surface area is 94.2 Å². The summed E-state index contributed by atoms with van der Waals surface area (Å²) in [6, 6.07) is 0. The zero-order valence-electron chi connectivity index (χ0n) is 9.78. The number of rotatable bonds is 5. The molecule has 2 unspecified atom stereocenters. The summed E-state index contributed by atoms with van der Waals surface area (Å²) in [4.78, 5) is 24.0. The second kappa shape index (κ2) is 6.85. The number of carbonyl (C=O) groups excluding carboxylic acids is 2. The smallest absolute Gasteiger partial charge is 0.429 e. The van der Waals surface area contributed by atoms with E-state index < -0.39 is 16.4 Å². The first-order valence-corrected chi connectivity index (χ1v) is 6.34. The van der Waals surface area contributed by atoms with Crippen LogP contribution in [-0.2, 0) is 16.0 Å². The molecule has 0 saturated carbocycles. The monoisotopic (exact) mass is 233 g/mol. The molecule has 0 bridgehead atoms. The van der Waals surface area contributed by atoms with Gasteiger partial charge in [-0.15, -0.1) is 0 Å². The molecular formula is C10H19NO3S. The number of hydrogen-bond acceptors (Lipinski definition) is 3. The Morgan fingerprint density at radius 2 is 1.80 bits per heavy atom. The van der Waals surface area contributed by atoms with Crippen LogP contribution in [0, 0.1) is 0 Å². The van der Waals surface area contributed by atoms with Gasteiger partial charge in [0.15, 0.2) is 0 Å². The first-order valence-electron chi connectivity index (χ1n) is 5.12. The van der Waals surface area contributed by atoms with Gasteiger partial charge in [-0.25, -0.2) is 4.79 Å². The third-order valence-corrected chi connectivity index (χ3v) is 3.63. The van der Waals surface area contributed by atoms with Gasteiger partial charge in [-0.3, -0.25) is 9.69 Å². The molecule has 15 heavy (non-hydrogen) atoms. The highest BCUT2D eigenvalue weighted by Gasteiger charge is 2.30. The van der Waals surface area contributed by atoms with Gasteiger partial charge in [0.25, 0.3) is 0 Å². The molecule has 0 aromatic carbocycles. The average Bonchev–Trinajstić information content (AvgIpc) is 2.17. The van der Waals surface area contributed by atoms with Crippen molar-refractivity contribution >= 4 is 22.2 Å². The van der Waals surface area contributed by atoms with Crippen LogP contribution in [0.25, 0.3) is 0 Å². The van der Waals surface area contributed by atoms with Crippen LogP contribution in [-0.4, -0.2) is 38.8 Å². The van der Waals surface area contributed by atoms with Crippen LogP contribution >= 0.6 is 0 Å². The molecule has 0 spiro atoms. The molecule has 4 nitrogen and oxygen atoms in total. The number of hydrogen-bond donors (Lipinski definition) is 0. The molecule has 0 saturated heterocycles. The maximum atomic E-state index is 11.7. The molecule has 0 N–H and O–H groups in total. The van der Waals surface area contributed by atoms with Gasteiger partial charge >= 0.3 is 5.24 Å². The minimum atomic E-state index is -1.59. The lowest BCUT2D eigenvalue weighted by Gasteiger charge is -2.22. The van der Waals surface area contributed by atoms with Crippen molar-refractivity contribution in [1.29, 1.82) is 0 Å². The van der Waals surface area contributed by atoms with Crippen molar-refractivity contribution in [3.8, 4) is 0 Å². The maximum Gasteiger partial charge on any atom is 0.429 e. The molecule has 0 radical (unpaired) electrons. The molecule has 0 aromatic rings. The largest absolute Gasteiger partial charge is 0.607 e. The van der Waals surface area contributed by atoms with Crippen molar-refractivity contribution in [2.45, 2.75) is 39.4 Å². The highest BCUT2D eigenvalue weighted by molar-refractivity contribution is 8.06. The molecule has 88 valence electrons. The molecule has 0 aliphatic carbocycles. The maximum absolute atomic E-state index is 11.7. The summed E-state index contributed by atoms with van der Waals surface area (Å²) in [7, 11) is 0. The van der Waals surface area contributed by atoms with Crippen LogP contribution in [0.1, 0.15) is 34.1 Å². The van der Waals surface area contributed by atoms with Crippen molar-refractivity contribution in [3.05, 3.63) is 0 Å². The average molecular weight is 233 g/mol. The van der Waals surface area contributed by atoms with Gasteiger partial charge in [0, 0.05) is 24.3 Å². The number of nitrogens with zero attached hydrogens (tertiary/aromatic N) is 1. The molecule has 0 aliphatic heterocycles. The molecule has 5 heteroatoms. The fourth-order valence-electron chi connectivity index (χ4n) is 1.26. The van der Waals surface area contributed by atoms with Crippen molar-refractivity contribution in [2.75, 3.05) is 13.1 Å². The van der Waals surface area contributed by atoms with E-state index in [0.717, 1.165) is 0 Å². The standard InChI is InChI=1S/C10H19NO3S/c1-5-11(6-2)10(13)15(14)9(4)7-8(3)12/h9H,5-7H2,1-4H3. The summed E-state index contributed by atoms with van der Waals surface area (Å²) in [6.07, 6.45) is 0.194. The highest BCUT2D eigenvalue weighted by atomic mass is 32.2. The van der Waals surface area contributed by atoms with Crippen LogP contribution in [0.3, 0.4) is 0 Å². The Morgan fingerprint density at radius 1 is 1.33 bits per heavy atom. The van der Waals surface area contributed by atoms with Crippen LogP contribution in [0.2, 0.25) is 0 Å². The van der Waals surface area contributed by atoms with E-state index in [2.05, 4.69) is 0 Å². The Morgan fingerprint density at radius 3 is 2.13 bits per heavy atom. The lowest BCUT2D eigenvalue weighted by atomic mass is 10.2. The fraction of sp³-hybridized carbons (Fsp3) is 0.800. The Balaban J connectivity index is 4.35. The van der Waals surface area contributed by atoms with E-state index >= 15 is 0 Å². The molecule has 1 amide bonds. The predicted molar refractivity (Wildman–Crippen MR) is 61.2 cm³/mol. The van der Waals surface area contributed by atoms with Crippen molar-refractivity contribution in [1.82, 2.24) is 4.90 Å². The number of Topliss-reactive ketones (excluding diaryl/α,β-unsaturated/α-hetero) is 1. The van der Waals surface area contributed by atoms with E-state index in [1.165, 1.54) is 11.8 Å². The highest BCUT2D eigenvalue weighted by Crippen LogP contribution is 2.11. The van der Waals surface area contributed by atoms with Gasteiger partial charge < -0.3 is 4.55 Å². The van der Waals surface area contributed by atoms with Crippen LogP contribution in [0.15, 0.2) is 0 Å². The van der Waals surface area contributed by atoms with Crippen LogP contribution in [0.4, 0.5) is 4.79 Å². The van der Waals surface area contributed by atoms with Gasteiger partial charge in [0.2, 0.25) is 0 Å². The quantitative estimate of drug-likeness (QED) is 0.677. The Bertz CT molecular complexity index is 229. The van der Waals surface area contributed by atoms with Crippen molar-refractivity contribution < 1.29 is 14.1 Å². The number of ketones is 1. The minimum absolute atomic E-state index is 0.0387. The van der Waals surface area contributed by atoms with Crippen LogP contribution in [0.5, 0.6) is 0 Å². The van der Waals surface area contributed by atoms with E-state index in [-0.39, 0.29) is 17.4 Å². The van der Waals surface area contributed by atoms with Crippen LogP contribution < -0.4 is 0 Å². The zero-order chi connectivity index (χ0) is 12.0. The summed E-state index contributed by atoms with van der Waals surface area (Å²) in [5.74, 6) is -0.0387. The van der Waals surface area contributed by atoms with Gasteiger partial charge in [0.05, 0.1) is 6.42 Å². The predicted octanol–water partition coefficient (Wildman–Crippen LogP) is 1.56. The van der Waals surface area contributed by atoms with E-state index in [9.17, 15) is 14.1 Å². The normalized spacial score (nSPS) is 14.5. The minimum Gasteiger partial charge on any atom is -0.607 e. The molecule has 2 atom stereocenters. The molecule has 0 fully saturated rings. The number of amides is 1. The van der Waals surface area contributed by atoms with Gasteiger partial charge in [-0.05, 0) is 27.7 Å². The summed E-state index contributed by atoms with van der Waals surface area (Å²) in [5, 5.41) is -0.760. The topological polar surface area (TPSA) is 60.4 Å². The SMILES string of the molecule is CCN(CC)C(=O)[S+]([O-])C(C)CC(C)=O. The molecular weight excluding hydrogens is 214 g/mol. The molecule has 0 aliphatic rings. The Hall–Kier alpha value is -0.550. The zero-order valence-corrected chi connectivity index (χ0v) is 10.6. The molecule has 0 heterocycles. The van der Waals surface area contributed by atoms with E-state index in [4.69, 9.17) is 0 Å². The summed E-state index contributed by atoms with van der Waals surface area (Å²) in [5.41, 5.74) is 0. The van der Waals surface area contributed by atoms with Gasteiger partial charge in [0.1, 0.15) is 11.0 Å². The van der Waals surface area contributed by atoms with Gasteiger partial charge in [-0.2, -0.15) is 0 Å². The summed E-state index contributed by atoms with van der Waals surface area (Å²) >= 11 is -1.59. The third kappa shape index (κ3) is 4.66. The molecule has 0 aromatic heterocycles. The number of carbonyl (C=O) groups is 2. The third-order valence-electron chi connectivity index (χ3n) is 2.13. The summed E-state index contributed by atoms with van der Waals surface area (Å²) < 4.78 is 11.7. The lowest BCUT2D eigenvalue weighted by molar-refractivity contribution is -0.116. The summed E-state index contributed by atoms with van der Waals surface area (Å²) in [6.45, 7) is 7.89. The lowest BCUT2D eigenvalue weighted by Crippen LogP contribution is -2.39. The van der Waals surface area contributed by atoms with E-state index in [1.807, 2.05) is 13.8 Å². The Kier molecular flexibility index (Phi) is 6.60. The van der Waals surface area contributed by atoms with E-state index in [1.54, 1.807) is 6.92 Å². The molecule has 0 rings (SSSR count). The van der Waals surface area contributed by atoms with E-state index in [0.29, 0.717) is 13.1 Å². The first-order chi connectivity index (χ1) is 6.93. The fourth-order valence-corrected chi connectivity index (χ4v) is 2.50. The van der Waals surface area contributed by atoms with Crippen molar-refractivity contribution in [3.63, 3.8) is 0 Å². The van der Waals surface area contributed by atoms with Crippen molar-refractivity contribution in [2.24, 2.45) is 0 Å².